The number of rotatable bonds is 6. The van der Waals surface area contributed by atoms with E-state index in [1.165, 1.54) is 4.90 Å². The zero-order valence-electron chi connectivity index (χ0n) is 16.3. The molecule has 2 aromatic rings. The molecule has 0 radical (unpaired) electrons. The van der Waals surface area contributed by atoms with E-state index in [2.05, 4.69) is 32.8 Å². The number of benzene rings is 2. The summed E-state index contributed by atoms with van der Waals surface area (Å²) in [6, 6.07) is 9.80. The smallest absolute Gasteiger partial charge is 0.325 e. The summed E-state index contributed by atoms with van der Waals surface area (Å²) >= 11 is 10.4. The normalized spacial score (nSPS) is 17.7. The number of halogens is 5. The molecule has 2 aromatic carbocycles. The third kappa shape index (κ3) is 5.93. The summed E-state index contributed by atoms with van der Waals surface area (Å²) < 4.78 is 39.7. The number of nitrogens with one attached hydrogen (secondary N) is 1. The lowest BCUT2D eigenvalue weighted by molar-refractivity contribution is -0.137. The summed E-state index contributed by atoms with van der Waals surface area (Å²) in [6.45, 7) is 3.85. The summed E-state index contributed by atoms with van der Waals surface area (Å²) in [5.74, 6) is -0.975. The molecule has 0 aromatic heterocycles. The van der Waals surface area contributed by atoms with Crippen LogP contribution in [0, 0.1) is 0 Å². The van der Waals surface area contributed by atoms with Crippen LogP contribution in [0.3, 0.4) is 0 Å². The molecule has 5 nitrogen and oxygen atoms in total. The van der Waals surface area contributed by atoms with Crippen LogP contribution in [0.1, 0.15) is 12.0 Å². The third-order valence-corrected chi connectivity index (χ3v) is 6.36. The molecule has 2 amide bonds. The predicted octanol–water partition coefficient (Wildman–Crippen LogP) is 6.27. The molecule has 1 heterocycles. The minimum Gasteiger partial charge on any atom is -0.325 e. The zero-order chi connectivity index (χ0) is 23.5. The van der Waals surface area contributed by atoms with E-state index in [0.29, 0.717) is 10.9 Å². The number of nitrogens with zero attached hydrogens (tertiary/aromatic N) is 2. The summed E-state index contributed by atoms with van der Waals surface area (Å²) in [5, 5.41) is 1.95. The van der Waals surface area contributed by atoms with Crippen molar-refractivity contribution in [2.24, 2.45) is 4.99 Å². The lowest BCUT2D eigenvalue weighted by Crippen LogP contribution is -2.33. The molecule has 0 bridgehead atoms. The van der Waals surface area contributed by atoms with Gasteiger partial charge in [0.2, 0.25) is 11.8 Å². The maximum Gasteiger partial charge on any atom is 0.416 e. The van der Waals surface area contributed by atoms with E-state index in [-0.39, 0.29) is 29.6 Å². The SMILES string of the molecule is C=CCN1C(=O)[C@H](CC(=O)Nc2cc(C(F)(F)F)ccc2Cl)SC1=Nc1ccc(Br)cc1. The predicted molar refractivity (Wildman–Crippen MR) is 124 cm³/mol. The zero-order valence-corrected chi connectivity index (χ0v) is 19.5. The number of carbonyl (C=O) groups excluding carboxylic acids is 2. The maximum absolute atomic E-state index is 12.9. The summed E-state index contributed by atoms with van der Waals surface area (Å²) in [5.41, 5.74) is -0.489. The molecule has 168 valence electrons. The first-order valence-corrected chi connectivity index (χ1v) is 11.2. The Labute approximate surface area is 199 Å². The second-order valence-corrected chi connectivity index (χ2v) is 9.15. The molecule has 11 heteroatoms. The molecule has 0 aliphatic carbocycles. The Kier molecular flexibility index (Phi) is 7.68. The van der Waals surface area contributed by atoms with Gasteiger partial charge in [-0.2, -0.15) is 13.2 Å². The third-order valence-electron chi connectivity index (χ3n) is 4.32. The molecule has 1 aliphatic heterocycles. The Balaban J connectivity index is 1.75. The monoisotopic (exact) mass is 545 g/mol. The Hall–Kier alpha value is -2.30. The number of aliphatic imine (C=N–C) groups is 1. The van der Waals surface area contributed by atoms with Gasteiger partial charge in [0.05, 0.1) is 22.0 Å². The summed E-state index contributed by atoms with van der Waals surface area (Å²) in [6.07, 6.45) is -3.30. The molecule has 0 unspecified atom stereocenters. The standard InChI is InChI=1S/C21H16BrClF3N3O2S/c1-2-9-29-19(31)17(32-20(29)27-14-6-4-13(22)5-7-14)11-18(30)28-16-10-12(21(24,25)26)3-8-15(16)23/h2-8,10,17H,1,9,11H2,(H,28,30)/t17-/m0/s1. The first-order chi connectivity index (χ1) is 15.1. The van der Waals surface area contributed by atoms with Crippen molar-refractivity contribution in [3.05, 3.63) is 70.2 Å². The van der Waals surface area contributed by atoms with Crippen molar-refractivity contribution in [2.75, 3.05) is 11.9 Å². The maximum atomic E-state index is 12.9. The van der Waals surface area contributed by atoms with Crippen LogP contribution in [0.25, 0.3) is 0 Å². The lowest BCUT2D eigenvalue weighted by atomic mass is 10.2. The van der Waals surface area contributed by atoms with Crippen molar-refractivity contribution in [2.45, 2.75) is 17.8 Å². The second kappa shape index (κ2) is 10.1. The van der Waals surface area contributed by atoms with Crippen LogP contribution in [-0.2, 0) is 15.8 Å². The molecule has 32 heavy (non-hydrogen) atoms. The van der Waals surface area contributed by atoms with Crippen molar-refractivity contribution >= 4 is 67.6 Å². The average molecular weight is 547 g/mol. The average Bonchev–Trinajstić information content (AvgIpc) is 2.99. The number of alkyl halides is 3. The van der Waals surface area contributed by atoms with Gasteiger partial charge in [0, 0.05) is 17.4 Å². The lowest BCUT2D eigenvalue weighted by Gasteiger charge is -2.14. The number of hydrogen-bond donors (Lipinski definition) is 1. The second-order valence-electron chi connectivity index (χ2n) is 6.66. The Morgan fingerprint density at radius 3 is 2.59 bits per heavy atom. The molecule has 1 saturated heterocycles. The van der Waals surface area contributed by atoms with Crippen LogP contribution in [0.5, 0.6) is 0 Å². The van der Waals surface area contributed by atoms with E-state index in [9.17, 15) is 22.8 Å². The highest BCUT2D eigenvalue weighted by molar-refractivity contribution is 9.10. The molecule has 0 spiro atoms. The number of amides is 2. The fourth-order valence-corrected chi connectivity index (χ4v) is 4.41. The molecule has 1 aliphatic rings. The number of amidine groups is 1. The van der Waals surface area contributed by atoms with E-state index >= 15 is 0 Å². The van der Waals surface area contributed by atoms with E-state index in [1.807, 2.05) is 12.1 Å². The van der Waals surface area contributed by atoms with Gasteiger partial charge in [-0.1, -0.05) is 45.4 Å². The highest BCUT2D eigenvalue weighted by Crippen LogP contribution is 2.35. The molecule has 1 fully saturated rings. The van der Waals surface area contributed by atoms with Crippen LogP contribution in [0.2, 0.25) is 5.02 Å². The Morgan fingerprint density at radius 1 is 1.28 bits per heavy atom. The van der Waals surface area contributed by atoms with E-state index in [4.69, 9.17) is 11.6 Å². The number of thioether (sulfide) groups is 1. The highest BCUT2D eigenvalue weighted by atomic mass is 79.9. The first kappa shape index (κ1) is 24.3. The van der Waals surface area contributed by atoms with Gasteiger partial charge in [-0.05, 0) is 42.5 Å². The van der Waals surface area contributed by atoms with Gasteiger partial charge in [-0.15, -0.1) is 6.58 Å². The van der Waals surface area contributed by atoms with Gasteiger partial charge >= 0.3 is 6.18 Å². The molecule has 1 atom stereocenters. The number of hydrogen-bond acceptors (Lipinski definition) is 4. The number of carbonyl (C=O) groups is 2. The van der Waals surface area contributed by atoms with Gasteiger partial charge < -0.3 is 5.32 Å². The highest BCUT2D eigenvalue weighted by Gasteiger charge is 2.39. The van der Waals surface area contributed by atoms with Gasteiger partial charge in [0.1, 0.15) is 5.25 Å². The van der Waals surface area contributed by atoms with Gasteiger partial charge in [-0.25, -0.2) is 4.99 Å². The molecule has 3 rings (SSSR count). The Bertz CT molecular complexity index is 1080. The van der Waals surface area contributed by atoms with E-state index < -0.39 is 22.9 Å². The van der Waals surface area contributed by atoms with Crippen molar-refractivity contribution < 1.29 is 22.8 Å². The minimum absolute atomic E-state index is 0.0393. The molecule has 1 N–H and O–H groups in total. The summed E-state index contributed by atoms with van der Waals surface area (Å²) in [4.78, 5) is 31.2. The van der Waals surface area contributed by atoms with Crippen molar-refractivity contribution in [1.29, 1.82) is 0 Å². The van der Waals surface area contributed by atoms with Crippen LogP contribution in [0.4, 0.5) is 24.5 Å². The minimum atomic E-state index is -4.58. The van der Waals surface area contributed by atoms with Crippen molar-refractivity contribution in [3.8, 4) is 0 Å². The topological polar surface area (TPSA) is 61.8 Å². The quantitative estimate of drug-likeness (QED) is 0.435. The van der Waals surface area contributed by atoms with E-state index in [0.717, 1.165) is 34.4 Å². The van der Waals surface area contributed by atoms with Crippen LogP contribution < -0.4 is 5.32 Å². The fraction of sp³-hybridized carbons (Fsp3) is 0.190. The van der Waals surface area contributed by atoms with Crippen LogP contribution in [-0.4, -0.2) is 33.7 Å². The number of anilines is 1. The first-order valence-electron chi connectivity index (χ1n) is 9.18. The van der Waals surface area contributed by atoms with Crippen LogP contribution >= 0.6 is 39.3 Å². The van der Waals surface area contributed by atoms with E-state index in [1.54, 1.807) is 18.2 Å². The summed E-state index contributed by atoms with van der Waals surface area (Å²) in [7, 11) is 0. The van der Waals surface area contributed by atoms with Gasteiger partial charge in [0.15, 0.2) is 5.17 Å². The van der Waals surface area contributed by atoms with Crippen LogP contribution in [0.15, 0.2) is 64.6 Å². The van der Waals surface area contributed by atoms with Crippen molar-refractivity contribution in [1.82, 2.24) is 4.90 Å². The largest absolute Gasteiger partial charge is 0.416 e. The Morgan fingerprint density at radius 2 is 1.97 bits per heavy atom. The molecular weight excluding hydrogens is 531 g/mol. The molecule has 0 saturated carbocycles. The molecular formula is C21H16BrClF3N3O2S. The van der Waals surface area contributed by atoms with Gasteiger partial charge in [0.25, 0.3) is 0 Å². The van der Waals surface area contributed by atoms with Gasteiger partial charge in [-0.3, -0.25) is 14.5 Å². The van der Waals surface area contributed by atoms with Crippen molar-refractivity contribution in [3.63, 3.8) is 0 Å². The fourth-order valence-electron chi connectivity index (χ4n) is 2.82.